The highest BCUT2D eigenvalue weighted by Gasteiger charge is 2.32. The second-order valence-corrected chi connectivity index (χ2v) is 13.9. The molecule has 0 amide bonds. The standard InChI is InChI=1S/C38H56N2O6.2ClH/c1-29(2)15-21-45-35-11-7-31(8-12-35)37(41)33(27-39-17-23-43-24-18-39)5-6-34(28-40-19-25-44-26-20-40)38(42)32-9-13-36(14-10-32)46-22-16-30(3)4;;/h7-14,29-30,33-34H,5-6,15-28H2,1-4H3;2*1H. The van der Waals surface area contributed by atoms with Gasteiger partial charge in [-0.3, -0.25) is 9.59 Å². The summed E-state index contributed by atoms with van der Waals surface area (Å²) < 4.78 is 23.0. The number of halogens is 2. The minimum Gasteiger partial charge on any atom is -1.00 e. The summed E-state index contributed by atoms with van der Waals surface area (Å²) in [6.45, 7) is 18.1. The van der Waals surface area contributed by atoms with Gasteiger partial charge in [-0.25, -0.2) is 0 Å². The maximum Gasteiger partial charge on any atom is 0.171 e. The zero-order chi connectivity index (χ0) is 32.7. The SMILES string of the molecule is CC(C)CCOc1ccc(C(=O)C(CCC(C[NH+]2CCOCC2)C(=O)c2ccc(OCCC(C)C)cc2)C[NH+]2CCOCC2)cc1.[Cl-].[Cl-]. The number of quaternary nitrogens is 2. The quantitative estimate of drug-likeness (QED) is 0.157. The number of carbonyl (C=O) groups is 2. The molecule has 2 fully saturated rings. The van der Waals surface area contributed by atoms with Gasteiger partial charge in [-0.15, -0.1) is 0 Å². The fraction of sp³-hybridized carbons (Fsp3) is 0.632. The molecule has 8 nitrogen and oxygen atoms in total. The van der Waals surface area contributed by atoms with Crippen molar-refractivity contribution in [3.63, 3.8) is 0 Å². The van der Waals surface area contributed by atoms with Crippen LogP contribution in [0.3, 0.4) is 0 Å². The lowest BCUT2D eigenvalue weighted by Gasteiger charge is -2.29. The fourth-order valence-electron chi connectivity index (χ4n) is 6.21. The van der Waals surface area contributed by atoms with E-state index in [1.54, 1.807) is 0 Å². The molecular weight excluding hydrogens is 651 g/mol. The van der Waals surface area contributed by atoms with Crippen molar-refractivity contribution < 1.29 is 63.2 Å². The van der Waals surface area contributed by atoms with Crippen LogP contribution in [0.5, 0.6) is 11.5 Å². The number of hydrogen-bond donors (Lipinski definition) is 2. The van der Waals surface area contributed by atoms with Gasteiger partial charge in [-0.2, -0.15) is 0 Å². The van der Waals surface area contributed by atoms with Crippen LogP contribution in [0.25, 0.3) is 0 Å². The van der Waals surface area contributed by atoms with Gasteiger partial charge in [0.25, 0.3) is 0 Å². The molecule has 4 rings (SSSR count). The predicted molar refractivity (Wildman–Crippen MR) is 180 cm³/mol. The molecule has 2 aromatic rings. The van der Waals surface area contributed by atoms with Crippen molar-refractivity contribution in [2.24, 2.45) is 23.7 Å². The number of rotatable bonds is 19. The predicted octanol–water partition coefficient (Wildman–Crippen LogP) is -2.55. The van der Waals surface area contributed by atoms with Crippen LogP contribution < -0.4 is 44.1 Å². The summed E-state index contributed by atoms with van der Waals surface area (Å²) in [6, 6.07) is 15.3. The molecule has 48 heavy (non-hydrogen) atoms. The van der Waals surface area contributed by atoms with Crippen molar-refractivity contribution in [2.45, 2.75) is 53.4 Å². The topological polar surface area (TPSA) is 79.9 Å². The van der Waals surface area contributed by atoms with E-state index >= 15 is 0 Å². The van der Waals surface area contributed by atoms with Crippen LogP contribution in [0.1, 0.15) is 74.1 Å². The van der Waals surface area contributed by atoms with E-state index in [2.05, 4.69) is 27.7 Å². The third kappa shape index (κ3) is 14.3. The summed E-state index contributed by atoms with van der Waals surface area (Å²) in [5.41, 5.74) is 1.42. The first kappa shape index (κ1) is 42.0. The molecule has 0 aliphatic carbocycles. The lowest BCUT2D eigenvalue weighted by atomic mass is 9.86. The van der Waals surface area contributed by atoms with E-state index in [-0.39, 0.29) is 48.2 Å². The van der Waals surface area contributed by atoms with E-state index < -0.39 is 0 Å². The summed E-state index contributed by atoms with van der Waals surface area (Å²) in [5, 5.41) is 0. The summed E-state index contributed by atoms with van der Waals surface area (Å²) in [6.07, 6.45) is 3.33. The van der Waals surface area contributed by atoms with E-state index in [1.165, 1.54) is 9.80 Å². The van der Waals surface area contributed by atoms with Crippen LogP contribution in [-0.4, -0.2) is 90.5 Å². The number of morpholine rings is 2. The van der Waals surface area contributed by atoms with Gasteiger partial charge in [0.2, 0.25) is 0 Å². The van der Waals surface area contributed by atoms with Crippen molar-refractivity contribution in [1.29, 1.82) is 0 Å². The summed E-state index contributed by atoms with van der Waals surface area (Å²) in [4.78, 5) is 30.9. The maximum atomic E-state index is 14.0. The molecule has 2 unspecified atom stereocenters. The first-order valence-corrected chi connectivity index (χ1v) is 17.6. The van der Waals surface area contributed by atoms with E-state index in [1.807, 2.05) is 48.5 Å². The van der Waals surface area contributed by atoms with Gasteiger partial charge in [0.05, 0.1) is 64.6 Å². The zero-order valence-corrected chi connectivity index (χ0v) is 31.0. The Bertz CT molecular complexity index is 1090. The third-order valence-corrected chi connectivity index (χ3v) is 9.28. The van der Waals surface area contributed by atoms with Gasteiger partial charge >= 0.3 is 0 Å². The summed E-state index contributed by atoms with van der Waals surface area (Å²) >= 11 is 0. The number of ketones is 2. The largest absolute Gasteiger partial charge is 1.00 e. The van der Waals surface area contributed by atoms with Gasteiger partial charge in [0.15, 0.2) is 11.6 Å². The molecule has 0 radical (unpaired) electrons. The molecule has 2 heterocycles. The number of benzene rings is 2. The Kier molecular flexibility index (Phi) is 19.7. The summed E-state index contributed by atoms with van der Waals surface area (Å²) in [5.74, 6) is 2.71. The Morgan fingerprint density at radius 3 is 1.23 bits per heavy atom. The molecule has 0 aromatic heterocycles. The van der Waals surface area contributed by atoms with Gasteiger partial charge in [-0.05, 0) is 86.1 Å². The Labute approximate surface area is 301 Å². The van der Waals surface area contributed by atoms with Crippen LogP contribution in [0.15, 0.2) is 48.5 Å². The summed E-state index contributed by atoms with van der Waals surface area (Å²) in [7, 11) is 0. The second-order valence-electron chi connectivity index (χ2n) is 13.9. The molecule has 2 atom stereocenters. The molecule has 2 aliphatic rings. The third-order valence-electron chi connectivity index (χ3n) is 9.28. The van der Waals surface area contributed by atoms with Gasteiger partial charge in [0, 0.05) is 11.1 Å². The minimum absolute atomic E-state index is 0. The highest BCUT2D eigenvalue weighted by Crippen LogP contribution is 2.23. The number of hydrogen-bond acceptors (Lipinski definition) is 6. The normalized spacial score (nSPS) is 16.9. The number of ether oxygens (including phenoxy) is 4. The fourth-order valence-corrected chi connectivity index (χ4v) is 6.21. The van der Waals surface area contributed by atoms with E-state index in [0.717, 1.165) is 90.0 Å². The minimum atomic E-state index is -0.174. The van der Waals surface area contributed by atoms with Gasteiger partial charge < -0.3 is 53.6 Å². The molecule has 2 N–H and O–H groups in total. The Morgan fingerprint density at radius 1 is 0.583 bits per heavy atom. The molecular formula is C38H58Cl2N2O6. The van der Waals surface area contributed by atoms with E-state index in [4.69, 9.17) is 18.9 Å². The number of Topliss-reactive ketones (excluding diaryl/α,β-unsaturated/α-hetero) is 2. The monoisotopic (exact) mass is 708 g/mol. The molecule has 2 aromatic carbocycles. The van der Waals surface area contributed by atoms with Crippen LogP contribution in [0.4, 0.5) is 0 Å². The number of nitrogens with one attached hydrogen (secondary N) is 2. The highest BCUT2D eigenvalue weighted by molar-refractivity contribution is 5.99. The lowest BCUT2D eigenvalue weighted by Crippen LogP contribution is -3.15. The van der Waals surface area contributed by atoms with Crippen molar-refractivity contribution in [2.75, 3.05) is 78.9 Å². The second kappa shape index (κ2) is 22.5. The molecule has 2 saturated heterocycles. The average Bonchev–Trinajstić information content (AvgIpc) is 3.06. The van der Waals surface area contributed by atoms with E-state index in [9.17, 15) is 9.59 Å². The smallest absolute Gasteiger partial charge is 0.171 e. The maximum absolute atomic E-state index is 14.0. The Morgan fingerprint density at radius 2 is 0.917 bits per heavy atom. The van der Waals surface area contributed by atoms with Crippen LogP contribution >= 0.6 is 0 Å². The Hall–Kier alpha value is -2.20. The van der Waals surface area contributed by atoms with Crippen molar-refractivity contribution in [3.05, 3.63) is 59.7 Å². The first-order valence-electron chi connectivity index (χ1n) is 17.6. The highest BCUT2D eigenvalue weighted by atomic mass is 35.5. The molecule has 0 saturated carbocycles. The van der Waals surface area contributed by atoms with Gasteiger partial charge in [0.1, 0.15) is 37.7 Å². The lowest BCUT2D eigenvalue weighted by molar-refractivity contribution is -0.911. The molecule has 0 spiro atoms. The molecule has 10 heteroatoms. The molecule has 2 aliphatic heterocycles. The van der Waals surface area contributed by atoms with E-state index in [0.29, 0.717) is 49.0 Å². The average molecular weight is 710 g/mol. The Balaban J connectivity index is 0.00000400. The molecule has 0 bridgehead atoms. The van der Waals surface area contributed by atoms with Crippen molar-refractivity contribution in [3.8, 4) is 11.5 Å². The number of carbonyl (C=O) groups excluding carboxylic acids is 2. The van der Waals surface area contributed by atoms with Gasteiger partial charge in [-0.1, -0.05) is 27.7 Å². The van der Waals surface area contributed by atoms with Crippen molar-refractivity contribution >= 4 is 11.6 Å². The van der Waals surface area contributed by atoms with Crippen LogP contribution in [-0.2, 0) is 9.47 Å². The zero-order valence-electron chi connectivity index (χ0n) is 29.4. The first-order chi connectivity index (χ1) is 22.3. The van der Waals surface area contributed by atoms with Crippen molar-refractivity contribution in [1.82, 2.24) is 0 Å². The molecule has 270 valence electrons. The van der Waals surface area contributed by atoms with Crippen LogP contribution in [0, 0.1) is 23.7 Å². The van der Waals surface area contributed by atoms with Crippen LogP contribution in [0.2, 0.25) is 0 Å².